The second-order valence-electron chi connectivity index (χ2n) is 8.57. The number of hydrogen-bond acceptors (Lipinski definition) is 5. The van der Waals surface area contributed by atoms with Crippen LogP contribution in [0.3, 0.4) is 0 Å². The minimum atomic E-state index is -0.583. The summed E-state index contributed by atoms with van der Waals surface area (Å²) in [5, 5.41) is 5.56. The molecule has 3 unspecified atom stereocenters. The zero-order chi connectivity index (χ0) is 23.5. The molecular weight excluding hydrogens is 420 g/mol. The van der Waals surface area contributed by atoms with Crippen LogP contribution in [0.25, 0.3) is 22.6 Å². The summed E-state index contributed by atoms with van der Waals surface area (Å²) in [4.78, 5) is 42.7. The summed E-state index contributed by atoms with van der Waals surface area (Å²) in [6.45, 7) is 3.04. The molecule has 1 fully saturated rings. The third-order valence-corrected chi connectivity index (χ3v) is 6.11. The van der Waals surface area contributed by atoms with E-state index in [1.165, 1.54) is 6.92 Å². The van der Waals surface area contributed by atoms with Gasteiger partial charge in [0.2, 0.25) is 17.7 Å². The van der Waals surface area contributed by atoms with Crippen molar-refractivity contribution in [1.29, 1.82) is 0 Å². The standard InChI is InChI=1S/C25H28N4O4/c1-15(26-16(2)30)23(31)27-19-12-13-20(14-19)29(3)25(32)18-10-8-17(9-11-18)24-28-21-6-4-5-7-22(21)33-24/h4-11,15,19-20H,12-14H2,1-3H3,(H,26,30)(H,27,31). The molecule has 0 saturated heterocycles. The van der Waals surface area contributed by atoms with E-state index in [2.05, 4.69) is 15.6 Å². The average molecular weight is 449 g/mol. The molecule has 4 rings (SSSR count). The fraction of sp³-hybridized carbons (Fsp3) is 0.360. The maximum Gasteiger partial charge on any atom is 0.253 e. The van der Waals surface area contributed by atoms with Gasteiger partial charge in [-0.2, -0.15) is 0 Å². The highest BCUT2D eigenvalue weighted by Crippen LogP contribution is 2.27. The Balaban J connectivity index is 1.36. The molecule has 1 aliphatic carbocycles. The third-order valence-electron chi connectivity index (χ3n) is 6.11. The highest BCUT2D eigenvalue weighted by atomic mass is 16.3. The molecule has 1 saturated carbocycles. The summed E-state index contributed by atoms with van der Waals surface area (Å²) in [5.74, 6) is 0.00291. The summed E-state index contributed by atoms with van der Waals surface area (Å²) < 4.78 is 5.80. The van der Waals surface area contributed by atoms with E-state index in [4.69, 9.17) is 4.42 Å². The van der Waals surface area contributed by atoms with Crippen molar-refractivity contribution in [3.63, 3.8) is 0 Å². The van der Waals surface area contributed by atoms with Gasteiger partial charge in [-0.1, -0.05) is 12.1 Å². The molecule has 0 aliphatic heterocycles. The number of nitrogens with zero attached hydrogens (tertiary/aromatic N) is 2. The average Bonchev–Trinajstić information content (AvgIpc) is 3.45. The minimum absolute atomic E-state index is 0.0181. The van der Waals surface area contributed by atoms with Crippen LogP contribution in [0, 0.1) is 0 Å². The first-order valence-corrected chi connectivity index (χ1v) is 11.1. The monoisotopic (exact) mass is 448 g/mol. The third kappa shape index (κ3) is 5.05. The van der Waals surface area contributed by atoms with Gasteiger partial charge < -0.3 is 20.0 Å². The highest BCUT2D eigenvalue weighted by molar-refractivity contribution is 5.94. The Morgan fingerprint density at radius 1 is 1.09 bits per heavy atom. The van der Waals surface area contributed by atoms with Crippen molar-refractivity contribution in [3.05, 3.63) is 54.1 Å². The van der Waals surface area contributed by atoms with Gasteiger partial charge in [-0.3, -0.25) is 14.4 Å². The van der Waals surface area contributed by atoms with E-state index in [9.17, 15) is 14.4 Å². The summed E-state index contributed by atoms with van der Waals surface area (Å²) in [6.07, 6.45) is 2.28. The summed E-state index contributed by atoms with van der Waals surface area (Å²) in [5.41, 5.74) is 2.91. The van der Waals surface area contributed by atoms with Crippen LogP contribution in [0.5, 0.6) is 0 Å². The van der Waals surface area contributed by atoms with E-state index in [1.807, 2.05) is 36.4 Å². The van der Waals surface area contributed by atoms with E-state index in [-0.39, 0.29) is 29.8 Å². The molecule has 0 spiro atoms. The van der Waals surface area contributed by atoms with Gasteiger partial charge in [-0.05, 0) is 62.6 Å². The van der Waals surface area contributed by atoms with E-state index in [1.54, 1.807) is 31.0 Å². The lowest BCUT2D eigenvalue weighted by molar-refractivity contribution is -0.128. The van der Waals surface area contributed by atoms with Gasteiger partial charge in [0.25, 0.3) is 5.91 Å². The van der Waals surface area contributed by atoms with E-state index < -0.39 is 6.04 Å². The zero-order valence-corrected chi connectivity index (χ0v) is 19.0. The Bertz CT molecular complexity index is 1140. The predicted octanol–water partition coefficient (Wildman–Crippen LogP) is 3.13. The molecule has 8 heteroatoms. The molecule has 2 N–H and O–H groups in total. The molecular formula is C25H28N4O4. The molecule has 3 aromatic rings. The topological polar surface area (TPSA) is 105 Å². The molecule has 1 heterocycles. The number of carbonyl (C=O) groups is 3. The second-order valence-corrected chi connectivity index (χ2v) is 8.57. The Morgan fingerprint density at radius 3 is 2.52 bits per heavy atom. The lowest BCUT2D eigenvalue weighted by Crippen LogP contribution is -2.47. The minimum Gasteiger partial charge on any atom is -0.436 e. The molecule has 172 valence electrons. The highest BCUT2D eigenvalue weighted by Gasteiger charge is 2.32. The molecule has 3 atom stereocenters. The zero-order valence-electron chi connectivity index (χ0n) is 19.0. The van der Waals surface area contributed by atoms with Gasteiger partial charge in [0.05, 0.1) is 0 Å². The van der Waals surface area contributed by atoms with Gasteiger partial charge in [0.15, 0.2) is 5.58 Å². The molecule has 3 amide bonds. The van der Waals surface area contributed by atoms with Crippen molar-refractivity contribution in [3.8, 4) is 11.5 Å². The van der Waals surface area contributed by atoms with Crippen LogP contribution in [-0.4, -0.2) is 52.8 Å². The molecule has 0 bridgehead atoms. The Labute approximate surface area is 192 Å². The maximum absolute atomic E-state index is 13.0. The van der Waals surface area contributed by atoms with Gasteiger partial charge in [0.1, 0.15) is 11.6 Å². The fourth-order valence-electron chi connectivity index (χ4n) is 4.26. The lowest BCUT2D eigenvalue weighted by Gasteiger charge is -2.25. The summed E-state index contributed by atoms with van der Waals surface area (Å²) in [7, 11) is 1.80. The van der Waals surface area contributed by atoms with Crippen molar-refractivity contribution in [1.82, 2.24) is 20.5 Å². The molecule has 1 aliphatic rings. The van der Waals surface area contributed by atoms with Gasteiger partial charge in [-0.15, -0.1) is 0 Å². The number of nitrogens with one attached hydrogen (secondary N) is 2. The van der Waals surface area contributed by atoms with Crippen molar-refractivity contribution < 1.29 is 18.8 Å². The van der Waals surface area contributed by atoms with Gasteiger partial charge in [-0.25, -0.2) is 4.98 Å². The number of fused-ring (bicyclic) bond motifs is 1. The quantitative estimate of drug-likeness (QED) is 0.603. The van der Waals surface area contributed by atoms with Crippen LogP contribution >= 0.6 is 0 Å². The second kappa shape index (κ2) is 9.44. The number of hydrogen-bond donors (Lipinski definition) is 2. The summed E-state index contributed by atoms with van der Waals surface area (Å²) >= 11 is 0. The van der Waals surface area contributed by atoms with Crippen LogP contribution in [-0.2, 0) is 9.59 Å². The predicted molar refractivity (Wildman–Crippen MR) is 124 cm³/mol. The number of para-hydroxylation sites is 2. The van der Waals surface area contributed by atoms with Crippen molar-refractivity contribution in [2.24, 2.45) is 0 Å². The number of carbonyl (C=O) groups excluding carboxylic acids is 3. The number of rotatable bonds is 6. The fourth-order valence-corrected chi connectivity index (χ4v) is 4.26. The Hall–Kier alpha value is -3.68. The molecule has 1 aromatic heterocycles. The normalized spacial score (nSPS) is 18.6. The number of aromatic nitrogens is 1. The van der Waals surface area contributed by atoms with Crippen LogP contribution in [0.15, 0.2) is 52.9 Å². The van der Waals surface area contributed by atoms with Crippen LogP contribution in [0.4, 0.5) is 0 Å². The Morgan fingerprint density at radius 2 is 1.82 bits per heavy atom. The number of amides is 3. The molecule has 33 heavy (non-hydrogen) atoms. The van der Waals surface area contributed by atoms with Crippen molar-refractivity contribution in [2.75, 3.05) is 7.05 Å². The van der Waals surface area contributed by atoms with Crippen LogP contribution in [0.2, 0.25) is 0 Å². The number of oxazole rings is 1. The van der Waals surface area contributed by atoms with Crippen molar-refractivity contribution in [2.45, 2.75) is 51.2 Å². The van der Waals surface area contributed by atoms with Crippen LogP contribution < -0.4 is 10.6 Å². The lowest BCUT2D eigenvalue weighted by atomic mass is 10.1. The van der Waals surface area contributed by atoms with E-state index in [0.717, 1.165) is 29.5 Å². The smallest absolute Gasteiger partial charge is 0.253 e. The van der Waals surface area contributed by atoms with E-state index in [0.29, 0.717) is 17.9 Å². The SMILES string of the molecule is CC(=O)NC(C)C(=O)NC1CCC(N(C)C(=O)c2ccc(-c3nc4ccccc4o3)cc2)C1. The first-order chi connectivity index (χ1) is 15.8. The maximum atomic E-state index is 13.0. The van der Waals surface area contributed by atoms with Crippen LogP contribution in [0.1, 0.15) is 43.5 Å². The first kappa shape index (κ1) is 22.5. The largest absolute Gasteiger partial charge is 0.436 e. The first-order valence-electron chi connectivity index (χ1n) is 11.1. The van der Waals surface area contributed by atoms with Gasteiger partial charge in [0, 0.05) is 37.2 Å². The van der Waals surface area contributed by atoms with Crippen molar-refractivity contribution >= 4 is 28.8 Å². The Kier molecular flexibility index (Phi) is 6.44. The molecule has 2 aromatic carbocycles. The van der Waals surface area contributed by atoms with Gasteiger partial charge >= 0.3 is 0 Å². The number of benzene rings is 2. The summed E-state index contributed by atoms with van der Waals surface area (Å²) in [6, 6.07) is 14.3. The molecule has 8 nitrogen and oxygen atoms in total. The van der Waals surface area contributed by atoms with E-state index >= 15 is 0 Å². The molecule has 0 radical (unpaired) electrons.